The van der Waals surface area contributed by atoms with Crippen LogP contribution in [0.2, 0.25) is 0 Å². The molecule has 1 aromatic rings. The van der Waals surface area contributed by atoms with Gasteiger partial charge in [-0.15, -0.1) is 0 Å². The number of nitrogens with zero attached hydrogens (tertiary/aromatic N) is 2. The summed E-state index contributed by atoms with van der Waals surface area (Å²) in [7, 11) is 0. The van der Waals surface area contributed by atoms with Crippen LogP contribution in [0, 0.1) is 17.2 Å². The molecule has 21 heavy (non-hydrogen) atoms. The van der Waals surface area contributed by atoms with Crippen molar-refractivity contribution in [2.45, 2.75) is 19.3 Å². The summed E-state index contributed by atoms with van der Waals surface area (Å²) < 4.78 is 0. The van der Waals surface area contributed by atoms with Crippen molar-refractivity contribution in [3.63, 3.8) is 0 Å². The van der Waals surface area contributed by atoms with Gasteiger partial charge in [0.25, 0.3) is 0 Å². The van der Waals surface area contributed by atoms with E-state index in [1.165, 1.54) is 0 Å². The number of likely N-dealkylation sites (tertiary alicyclic amines) is 1. The molecule has 1 saturated heterocycles. The number of benzene rings is 1. The third-order valence-electron chi connectivity index (χ3n) is 3.80. The SMILES string of the molecule is N#Cc1cccc(C=CC(=O)N2CCCC(CCO)C2)c1. The second kappa shape index (κ2) is 7.61. The zero-order chi connectivity index (χ0) is 15.1. The van der Waals surface area contributed by atoms with Crippen molar-refractivity contribution in [1.29, 1.82) is 5.26 Å². The standard InChI is InChI=1S/C17H20N2O2/c18-12-16-4-1-3-14(11-16)6-7-17(21)19-9-2-5-15(13-19)8-10-20/h1,3-4,6-7,11,15,20H,2,5,8-10,13H2. The van der Waals surface area contributed by atoms with Gasteiger partial charge in [0.05, 0.1) is 11.6 Å². The fourth-order valence-electron chi connectivity index (χ4n) is 2.67. The van der Waals surface area contributed by atoms with Crippen LogP contribution in [-0.2, 0) is 4.79 Å². The molecule has 1 atom stereocenters. The van der Waals surface area contributed by atoms with Gasteiger partial charge in [0.2, 0.25) is 5.91 Å². The summed E-state index contributed by atoms with van der Waals surface area (Å²) >= 11 is 0. The maximum atomic E-state index is 12.2. The van der Waals surface area contributed by atoms with Gasteiger partial charge in [-0.1, -0.05) is 12.1 Å². The van der Waals surface area contributed by atoms with Crippen molar-refractivity contribution in [3.8, 4) is 6.07 Å². The molecular formula is C17H20N2O2. The molecule has 1 N–H and O–H groups in total. The summed E-state index contributed by atoms with van der Waals surface area (Å²) in [6.07, 6.45) is 6.15. The Labute approximate surface area is 125 Å². The highest BCUT2D eigenvalue weighted by Gasteiger charge is 2.21. The van der Waals surface area contributed by atoms with E-state index in [4.69, 9.17) is 10.4 Å². The lowest BCUT2D eigenvalue weighted by Crippen LogP contribution is -2.39. The van der Waals surface area contributed by atoms with Gasteiger partial charge in [-0.3, -0.25) is 4.79 Å². The Hall–Kier alpha value is -2.12. The minimum atomic E-state index is 0.000000472. The number of rotatable bonds is 4. The van der Waals surface area contributed by atoms with E-state index < -0.39 is 0 Å². The summed E-state index contributed by atoms with van der Waals surface area (Å²) in [6, 6.07) is 9.26. The van der Waals surface area contributed by atoms with Crippen LogP contribution in [-0.4, -0.2) is 35.6 Å². The number of aliphatic hydroxyl groups excluding tert-OH is 1. The van der Waals surface area contributed by atoms with Crippen molar-refractivity contribution < 1.29 is 9.90 Å². The number of carbonyl (C=O) groups is 1. The first kappa shape index (κ1) is 15.3. The molecule has 0 bridgehead atoms. The van der Waals surface area contributed by atoms with Crippen LogP contribution in [0.15, 0.2) is 30.3 Å². The molecule has 0 aliphatic carbocycles. The molecular weight excluding hydrogens is 264 g/mol. The Morgan fingerprint density at radius 3 is 3.14 bits per heavy atom. The molecule has 4 nitrogen and oxygen atoms in total. The smallest absolute Gasteiger partial charge is 0.246 e. The predicted molar refractivity (Wildman–Crippen MR) is 81.2 cm³/mol. The molecule has 110 valence electrons. The van der Waals surface area contributed by atoms with Crippen LogP contribution < -0.4 is 0 Å². The quantitative estimate of drug-likeness (QED) is 0.862. The topological polar surface area (TPSA) is 64.3 Å². The van der Waals surface area contributed by atoms with Gasteiger partial charge in [0.1, 0.15) is 0 Å². The van der Waals surface area contributed by atoms with E-state index >= 15 is 0 Å². The number of hydrogen-bond acceptors (Lipinski definition) is 3. The van der Waals surface area contributed by atoms with Gasteiger partial charge in [-0.05, 0) is 49.0 Å². The van der Waals surface area contributed by atoms with Crippen molar-refractivity contribution in [3.05, 3.63) is 41.5 Å². The van der Waals surface area contributed by atoms with E-state index in [2.05, 4.69) is 6.07 Å². The molecule has 1 aliphatic heterocycles. The maximum Gasteiger partial charge on any atom is 0.246 e. The van der Waals surface area contributed by atoms with E-state index in [-0.39, 0.29) is 12.5 Å². The van der Waals surface area contributed by atoms with Crippen LogP contribution in [0.1, 0.15) is 30.4 Å². The molecule has 1 fully saturated rings. The zero-order valence-corrected chi connectivity index (χ0v) is 12.0. The Kier molecular flexibility index (Phi) is 5.53. The van der Waals surface area contributed by atoms with E-state index in [0.717, 1.165) is 37.9 Å². The average Bonchev–Trinajstić information content (AvgIpc) is 2.53. The van der Waals surface area contributed by atoms with Crippen molar-refractivity contribution in [2.24, 2.45) is 5.92 Å². The second-order valence-corrected chi connectivity index (χ2v) is 5.38. The molecule has 1 aromatic carbocycles. The number of piperidine rings is 1. The van der Waals surface area contributed by atoms with Gasteiger partial charge >= 0.3 is 0 Å². The summed E-state index contributed by atoms with van der Waals surface area (Å²) in [4.78, 5) is 14.0. The molecule has 0 spiro atoms. The van der Waals surface area contributed by atoms with E-state index in [9.17, 15) is 4.79 Å². The lowest BCUT2D eigenvalue weighted by molar-refractivity contribution is -0.127. The number of amides is 1. The average molecular weight is 284 g/mol. The third kappa shape index (κ3) is 4.44. The second-order valence-electron chi connectivity index (χ2n) is 5.38. The first-order valence-electron chi connectivity index (χ1n) is 7.31. The Morgan fingerprint density at radius 2 is 2.38 bits per heavy atom. The molecule has 0 saturated carbocycles. The monoisotopic (exact) mass is 284 g/mol. The van der Waals surface area contributed by atoms with E-state index in [1.807, 2.05) is 11.0 Å². The number of hydrogen-bond donors (Lipinski definition) is 1. The van der Waals surface area contributed by atoms with Crippen LogP contribution in [0.4, 0.5) is 0 Å². The fraction of sp³-hybridized carbons (Fsp3) is 0.412. The van der Waals surface area contributed by atoms with Gasteiger partial charge in [0.15, 0.2) is 0 Å². The van der Waals surface area contributed by atoms with Gasteiger partial charge in [-0.2, -0.15) is 5.26 Å². The summed E-state index contributed by atoms with van der Waals surface area (Å²) in [6.45, 7) is 1.69. The van der Waals surface area contributed by atoms with Gasteiger partial charge in [0, 0.05) is 25.8 Å². The fourth-order valence-corrected chi connectivity index (χ4v) is 2.67. The van der Waals surface area contributed by atoms with Crippen molar-refractivity contribution in [2.75, 3.05) is 19.7 Å². The molecule has 2 rings (SSSR count). The summed E-state index contributed by atoms with van der Waals surface area (Å²) in [5.41, 5.74) is 1.44. The van der Waals surface area contributed by atoms with Gasteiger partial charge in [-0.25, -0.2) is 0 Å². The van der Waals surface area contributed by atoms with Crippen LogP contribution in [0.25, 0.3) is 6.08 Å². The van der Waals surface area contributed by atoms with Crippen LogP contribution in [0.5, 0.6) is 0 Å². The number of aliphatic hydroxyl groups is 1. The Bertz CT molecular complexity index is 558. The van der Waals surface area contributed by atoms with Crippen molar-refractivity contribution in [1.82, 2.24) is 4.90 Å². The maximum absolute atomic E-state index is 12.2. The molecule has 1 aliphatic rings. The lowest BCUT2D eigenvalue weighted by Gasteiger charge is -2.31. The highest BCUT2D eigenvalue weighted by Crippen LogP contribution is 2.19. The van der Waals surface area contributed by atoms with Crippen LogP contribution >= 0.6 is 0 Å². The summed E-state index contributed by atoms with van der Waals surface area (Å²) in [5.74, 6) is 0.406. The molecule has 1 unspecified atom stereocenters. The number of nitriles is 1. The molecule has 1 amide bonds. The Balaban J connectivity index is 1.97. The van der Waals surface area contributed by atoms with Gasteiger partial charge < -0.3 is 10.0 Å². The normalized spacial score (nSPS) is 18.7. The minimum absolute atomic E-state index is 0.000000472. The first-order valence-corrected chi connectivity index (χ1v) is 7.31. The lowest BCUT2D eigenvalue weighted by atomic mass is 9.95. The first-order chi connectivity index (χ1) is 10.2. The highest BCUT2D eigenvalue weighted by molar-refractivity contribution is 5.91. The molecule has 0 radical (unpaired) electrons. The Morgan fingerprint density at radius 1 is 1.52 bits per heavy atom. The minimum Gasteiger partial charge on any atom is -0.396 e. The summed E-state index contributed by atoms with van der Waals surface area (Å²) in [5, 5.41) is 17.9. The van der Waals surface area contributed by atoms with E-state index in [1.54, 1.807) is 30.4 Å². The van der Waals surface area contributed by atoms with Crippen LogP contribution in [0.3, 0.4) is 0 Å². The third-order valence-corrected chi connectivity index (χ3v) is 3.80. The predicted octanol–water partition coefficient (Wildman–Crippen LogP) is 2.19. The van der Waals surface area contributed by atoms with Crippen molar-refractivity contribution >= 4 is 12.0 Å². The largest absolute Gasteiger partial charge is 0.396 e. The molecule has 4 heteroatoms. The van der Waals surface area contributed by atoms with E-state index in [0.29, 0.717) is 11.5 Å². The zero-order valence-electron chi connectivity index (χ0n) is 12.0. The molecule has 1 heterocycles. The number of carbonyl (C=O) groups excluding carboxylic acids is 1. The molecule has 0 aromatic heterocycles. The highest BCUT2D eigenvalue weighted by atomic mass is 16.3.